The molecule has 0 amide bonds. The van der Waals surface area contributed by atoms with E-state index in [1.807, 2.05) is 30.3 Å². The lowest BCUT2D eigenvalue weighted by Gasteiger charge is -2.37. The highest BCUT2D eigenvalue weighted by atomic mass is 15.2. The third-order valence-corrected chi connectivity index (χ3v) is 7.12. The predicted octanol–water partition coefficient (Wildman–Crippen LogP) is 4.80. The first-order valence-electron chi connectivity index (χ1n) is 9.09. The van der Waals surface area contributed by atoms with Crippen molar-refractivity contribution in [2.75, 3.05) is 0 Å². The van der Waals surface area contributed by atoms with Crippen molar-refractivity contribution in [2.45, 2.75) is 33.6 Å². The number of allylic oxidation sites excluding steroid dienone is 2. The van der Waals surface area contributed by atoms with E-state index in [4.69, 9.17) is 4.98 Å². The molecule has 3 heterocycles. The van der Waals surface area contributed by atoms with Crippen LogP contribution in [0.5, 0.6) is 0 Å². The fraction of sp³-hybridized carbons (Fsp3) is 0.429. The van der Waals surface area contributed by atoms with Crippen molar-refractivity contribution in [3.63, 3.8) is 0 Å². The molecule has 3 aromatic heterocycles. The van der Waals surface area contributed by atoms with E-state index in [-0.39, 0.29) is 5.41 Å². The summed E-state index contributed by atoms with van der Waals surface area (Å²) in [7, 11) is 1.95. The van der Waals surface area contributed by atoms with Gasteiger partial charge in [-0.15, -0.1) is 0 Å². The summed E-state index contributed by atoms with van der Waals surface area (Å²) in [5.41, 5.74) is 6.58. The number of aromatic amines is 1. The number of H-pyrrole nitrogens is 1. The molecule has 1 fully saturated rings. The summed E-state index contributed by atoms with van der Waals surface area (Å²) in [6, 6.07) is 2.31. The van der Waals surface area contributed by atoms with Crippen LogP contribution in [-0.4, -0.2) is 19.7 Å². The van der Waals surface area contributed by atoms with E-state index in [0.717, 1.165) is 11.2 Å². The van der Waals surface area contributed by atoms with Crippen LogP contribution in [-0.2, 0) is 7.05 Å². The summed E-state index contributed by atoms with van der Waals surface area (Å²) >= 11 is 0. The summed E-state index contributed by atoms with van der Waals surface area (Å²) in [5.74, 6) is 0.687. The van der Waals surface area contributed by atoms with Gasteiger partial charge >= 0.3 is 0 Å². The van der Waals surface area contributed by atoms with Crippen LogP contribution in [0.3, 0.4) is 0 Å². The lowest BCUT2D eigenvalue weighted by molar-refractivity contribution is 0.189. The van der Waals surface area contributed by atoms with Crippen molar-refractivity contribution < 1.29 is 0 Å². The van der Waals surface area contributed by atoms with Gasteiger partial charge < -0.3 is 4.98 Å². The van der Waals surface area contributed by atoms with Crippen LogP contribution in [0.1, 0.15) is 39.2 Å². The first kappa shape index (κ1) is 14.9. The highest BCUT2D eigenvalue weighted by molar-refractivity contribution is 5.95. The number of fused-ring (bicyclic) bond motifs is 3. The molecule has 4 nitrogen and oxygen atoms in total. The van der Waals surface area contributed by atoms with E-state index < -0.39 is 0 Å². The van der Waals surface area contributed by atoms with Crippen molar-refractivity contribution in [3.8, 4) is 11.1 Å². The van der Waals surface area contributed by atoms with Crippen LogP contribution >= 0.6 is 0 Å². The Morgan fingerprint density at radius 2 is 2.04 bits per heavy atom. The molecule has 4 heteroatoms. The lowest BCUT2D eigenvalue weighted by Crippen LogP contribution is -2.29. The third-order valence-electron chi connectivity index (χ3n) is 7.12. The van der Waals surface area contributed by atoms with Crippen molar-refractivity contribution >= 4 is 16.6 Å². The molecule has 0 spiro atoms. The van der Waals surface area contributed by atoms with Gasteiger partial charge in [-0.05, 0) is 46.8 Å². The highest BCUT2D eigenvalue weighted by Gasteiger charge is 2.57. The van der Waals surface area contributed by atoms with E-state index in [2.05, 4.69) is 49.2 Å². The first-order chi connectivity index (χ1) is 11.9. The number of aromatic nitrogens is 4. The SMILES string of the molecule is Cn1cc(-c2c[nH]c3ncc(C4=CC5CC[C@@]4(C)C5(C)C)cc23)cn1. The van der Waals surface area contributed by atoms with Crippen LogP contribution in [0.2, 0.25) is 0 Å². The number of hydrogen-bond donors (Lipinski definition) is 1. The zero-order valence-corrected chi connectivity index (χ0v) is 15.3. The van der Waals surface area contributed by atoms with Gasteiger partial charge in [0.2, 0.25) is 0 Å². The second-order valence-electron chi connectivity index (χ2n) is 8.50. The highest BCUT2D eigenvalue weighted by Crippen LogP contribution is 2.67. The molecule has 2 aliphatic rings. The minimum atomic E-state index is 0.248. The number of pyridine rings is 1. The van der Waals surface area contributed by atoms with Crippen molar-refractivity contribution in [1.29, 1.82) is 0 Å². The molecule has 0 saturated heterocycles. The number of hydrogen-bond acceptors (Lipinski definition) is 2. The Morgan fingerprint density at radius 1 is 1.20 bits per heavy atom. The molecule has 2 bridgehead atoms. The van der Waals surface area contributed by atoms with Crippen LogP contribution < -0.4 is 0 Å². The Hall–Kier alpha value is -2.36. The van der Waals surface area contributed by atoms with Gasteiger partial charge in [0, 0.05) is 42.2 Å². The molecule has 5 rings (SSSR count). The molecule has 3 aromatic rings. The Labute approximate surface area is 148 Å². The van der Waals surface area contributed by atoms with Crippen molar-refractivity contribution in [3.05, 3.63) is 42.5 Å². The van der Waals surface area contributed by atoms with Gasteiger partial charge in [0.25, 0.3) is 0 Å². The number of nitrogens with one attached hydrogen (secondary N) is 1. The van der Waals surface area contributed by atoms with Gasteiger partial charge in [0.15, 0.2) is 0 Å². The van der Waals surface area contributed by atoms with Crippen LogP contribution in [0.15, 0.2) is 36.9 Å². The van der Waals surface area contributed by atoms with E-state index in [1.165, 1.54) is 34.9 Å². The van der Waals surface area contributed by atoms with Gasteiger partial charge in [0.05, 0.1) is 6.20 Å². The summed E-state index contributed by atoms with van der Waals surface area (Å²) < 4.78 is 1.84. The molecule has 2 aliphatic carbocycles. The quantitative estimate of drug-likeness (QED) is 0.732. The largest absolute Gasteiger partial charge is 0.346 e. The number of rotatable bonds is 2. The molecule has 25 heavy (non-hydrogen) atoms. The summed E-state index contributed by atoms with van der Waals surface area (Å²) in [6.07, 6.45) is 13.2. The Bertz CT molecular complexity index is 1020. The molecule has 0 aromatic carbocycles. The number of aryl methyl sites for hydroxylation is 1. The Balaban J connectivity index is 1.66. The topological polar surface area (TPSA) is 46.5 Å². The average molecular weight is 332 g/mol. The molecule has 1 N–H and O–H groups in total. The molecule has 1 saturated carbocycles. The predicted molar refractivity (Wildman–Crippen MR) is 101 cm³/mol. The number of nitrogens with zero attached hydrogens (tertiary/aromatic N) is 3. The summed E-state index contributed by atoms with van der Waals surface area (Å²) in [5, 5.41) is 5.49. The maximum atomic E-state index is 4.72. The fourth-order valence-corrected chi connectivity index (χ4v) is 5.06. The normalized spacial score (nSPS) is 27.2. The second kappa shape index (κ2) is 4.63. The molecule has 2 atom stereocenters. The molecule has 0 aliphatic heterocycles. The van der Waals surface area contributed by atoms with Gasteiger partial charge in [-0.3, -0.25) is 4.68 Å². The van der Waals surface area contributed by atoms with Crippen molar-refractivity contribution in [1.82, 2.24) is 19.7 Å². The van der Waals surface area contributed by atoms with E-state index in [0.29, 0.717) is 11.3 Å². The minimum Gasteiger partial charge on any atom is -0.346 e. The van der Waals surface area contributed by atoms with Gasteiger partial charge in [-0.2, -0.15) is 5.10 Å². The van der Waals surface area contributed by atoms with E-state index in [1.54, 1.807) is 0 Å². The van der Waals surface area contributed by atoms with Crippen LogP contribution in [0.25, 0.3) is 27.7 Å². The molecule has 1 unspecified atom stereocenters. The first-order valence-corrected chi connectivity index (χ1v) is 9.09. The maximum absolute atomic E-state index is 4.72. The Kier molecular flexibility index (Phi) is 2.76. The summed E-state index contributed by atoms with van der Waals surface area (Å²) in [6.45, 7) is 7.30. The maximum Gasteiger partial charge on any atom is 0.137 e. The Morgan fingerprint density at radius 3 is 2.68 bits per heavy atom. The molecular formula is C21H24N4. The zero-order chi connectivity index (χ0) is 17.4. The molecular weight excluding hydrogens is 308 g/mol. The third kappa shape index (κ3) is 1.82. The zero-order valence-electron chi connectivity index (χ0n) is 15.3. The molecule has 0 radical (unpaired) electrons. The minimum absolute atomic E-state index is 0.248. The van der Waals surface area contributed by atoms with Crippen LogP contribution in [0.4, 0.5) is 0 Å². The van der Waals surface area contributed by atoms with E-state index in [9.17, 15) is 0 Å². The molecule has 128 valence electrons. The van der Waals surface area contributed by atoms with Gasteiger partial charge in [0.1, 0.15) is 5.65 Å². The van der Waals surface area contributed by atoms with Crippen LogP contribution in [0, 0.1) is 16.7 Å². The van der Waals surface area contributed by atoms with Gasteiger partial charge in [-0.25, -0.2) is 4.98 Å². The lowest BCUT2D eigenvalue weighted by atomic mass is 9.66. The average Bonchev–Trinajstić information content (AvgIpc) is 3.28. The van der Waals surface area contributed by atoms with Crippen molar-refractivity contribution in [2.24, 2.45) is 23.8 Å². The second-order valence-corrected chi connectivity index (χ2v) is 8.50. The smallest absolute Gasteiger partial charge is 0.137 e. The summed E-state index contributed by atoms with van der Waals surface area (Å²) in [4.78, 5) is 8.02. The van der Waals surface area contributed by atoms with Gasteiger partial charge in [-0.1, -0.05) is 26.8 Å². The standard InChI is InChI=1S/C21H24N4/c1-20(2)15-5-6-21(20,3)18(8-15)13-7-16-17(11-23-19(16)22-9-13)14-10-24-25(4)12-14/h7-12,15H,5-6H2,1-4H3,(H,22,23)/t15?,21-/m1/s1. The fourth-order valence-electron chi connectivity index (χ4n) is 5.06. The monoisotopic (exact) mass is 332 g/mol. The van der Waals surface area contributed by atoms with E-state index >= 15 is 0 Å².